The van der Waals surface area contributed by atoms with Crippen LogP contribution in [0.2, 0.25) is 0 Å². The van der Waals surface area contributed by atoms with Gasteiger partial charge in [0.15, 0.2) is 0 Å². The van der Waals surface area contributed by atoms with Crippen molar-refractivity contribution in [1.82, 2.24) is 5.32 Å². The van der Waals surface area contributed by atoms with Crippen LogP contribution in [-0.4, -0.2) is 29.0 Å². The van der Waals surface area contributed by atoms with Crippen LogP contribution in [0.1, 0.15) is 26.7 Å². The van der Waals surface area contributed by atoms with Gasteiger partial charge in [-0.1, -0.05) is 29.8 Å². The fourth-order valence-electron chi connectivity index (χ4n) is 0.893. The number of hydrogen-bond donors (Lipinski definition) is 2. The van der Waals surface area contributed by atoms with Gasteiger partial charge in [-0.15, -0.1) is 0 Å². The van der Waals surface area contributed by atoms with Crippen LogP contribution in [0.5, 0.6) is 0 Å². The van der Waals surface area contributed by atoms with E-state index in [0.717, 1.165) is 12.8 Å². The number of nitrogens with one attached hydrogen (secondary N) is 1. The summed E-state index contributed by atoms with van der Waals surface area (Å²) in [7, 11) is 0. The van der Waals surface area contributed by atoms with E-state index < -0.39 is 0 Å². The van der Waals surface area contributed by atoms with E-state index in [0.29, 0.717) is 12.5 Å². The normalized spacial score (nSPS) is 15.1. The van der Waals surface area contributed by atoms with Crippen molar-refractivity contribution in [1.29, 1.82) is 0 Å². The Kier molecular flexibility index (Phi) is 7.28. The Bertz CT molecular complexity index is 153. The molecule has 0 radical (unpaired) electrons. The fourth-order valence-corrected chi connectivity index (χ4v) is 1.06. The van der Waals surface area contributed by atoms with Crippen LogP contribution < -0.4 is 5.32 Å². The molecule has 0 aliphatic heterocycles. The van der Waals surface area contributed by atoms with Crippen molar-refractivity contribution in [3.05, 3.63) is 0 Å². The largest absolute Gasteiger partial charge is 0.396 e. The maximum atomic E-state index is 11.3. The second-order valence-corrected chi connectivity index (χ2v) is 4.34. The molecule has 0 saturated carbocycles. The molecule has 0 heterocycles. The lowest BCUT2D eigenvalue weighted by atomic mass is 10.1. The smallest absolute Gasteiger partial charge is 0.233 e. The molecule has 78 valence electrons. The minimum Gasteiger partial charge on any atom is -0.396 e. The molecule has 0 rings (SSSR count). The predicted molar refractivity (Wildman–Crippen MR) is 56.9 cm³/mol. The molecule has 0 saturated heterocycles. The van der Waals surface area contributed by atoms with Gasteiger partial charge in [-0.05, 0) is 18.8 Å². The van der Waals surface area contributed by atoms with Gasteiger partial charge in [0.1, 0.15) is 0 Å². The van der Waals surface area contributed by atoms with Crippen LogP contribution in [0.4, 0.5) is 0 Å². The molecule has 0 fully saturated rings. The highest BCUT2D eigenvalue weighted by Crippen LogP contribution is 2.04. The number of rotatable bonds is 6. The number of aliphatic hydroxyl groups excluding tert-OH is 1. The van der Waals surface area contributed by atoms with Gasteiger partial charge < -0.3 is 10.4 Å². The maximum absolute atomic E-state index is 11.3. The molecular weight excluding hydrogens is 234 g/mol. The number of carbonyl (C=O) groups is 1. The second-order valence-electron chi connectivity index (χ2n) is 3.24. The van der Waals surface area contributed by atoms with Crippen LogP contribution in [0.15, 0.2) is 0 Å². The van der Waals surface area contributed by atoms with Gasteiger partial charge in [-0.3, -0.25) is 4.79 Å². The molecule has 2 atom stereocenters. The number of aliphatic hydroxyl groups is 1. The summed E-state index contributed by atoms with van der Waals surface area (Å²) in [6, 6.07) is 0. The number of amides is 1. The number of carbonyl (C=O) groups excluding carboxylic acids is 1. The van der Waals surface area contributed by atoms with Gasteiger partial charge in [-0.2, -0.15) is 0 Å². The SMILES string of the molecule is CCC(Br)C(=O)NCC(C)CCO. The molecule has 0 aliphatic carbocycles. The van der Waals surface area contributed by atoms with Crippen molar-refractivity contribution >= 4 is 21.8 Å². The number of hydrogen-bond acceptors (Lipinski definition) is 2. The molecule has 0 bridgehead atoms. The predicted octanol–water partition coefficient (Wildman–Crippen LogP) is 1.29. The molecule has 2 N–H and O–H groups in total. The summed E-state index contributed by atoms with van der Waals surface area (Å²) in [6.45, 7) is 4.78. The molecule has 0 aromatic heterocycles. The van der Waals surface area contributed by atoms with E-state index >= 15 is 0 Å². The summed E-state index contributed by atoms with van der Waals surface area (Å²) in [5, 5.41) is 11.5. The monoisotopic (exact) mass is 251 g/mol. The Morgan fingerprint density at radius 2 is 2.23 bits per heavy atom. The summed E-state index contributed by atoms with van der Waals surface area (Å²) in [4.78, 5) is 11.2. The van der Waals surface area contributed by atoms with E-state index in [-0.39, 0.29) is 17.3 Å². The Morgan fingerprint density at radius 3 is 2.69 bits per heavy atom. The Hall–Kier alpha value is -0.0900. The Labute approximate surface area is 88.0 Å². The zero-order valence-corrected chi connectivity index (χ0v) is 9.80. The van der Waals surface area contributed by atoms with Crippen molar-refractivity contribution in [2.24, 2.45) is 5.92 Å². The topological polar surface area (TPSA) is 49.3 Å². The van der Waals surface area contributed by atoms with Crippen molar-refractivity contribution < 1.29 is 9.90 Å². The van der Waals surface area contributed by atoms with Gasteiger partial charge in [0, 0.05) is 13.2 Å². The molecule has 0 aromatic rings. The zero-order valence-electron chi connectivity index (χ0n) is 8.22. The molecule has 0 spiro atoms. The highest BCUT2D eigenvalue weighted by atomic mass is 79.9. The average molecular weight is 252 g/mol. The van der Waals surface area contributed by atoms with Gasteiger partial charge in [0.2, 0.25) is 5.91 Å². The summed E-state index contributed by atoms with van der Waals surface area (Å²) < 4.78 is 0. The summed E-state index contributed by atoms with van der Waals surface area (Å²) >= 11 is 3.27. The van der Waals surface area contributed by atoms with Crippen molar-refractivity contribution in [2.45, 2.75) is 31.5 Å². The highest BCUT2D eigenvalue weighted by molar-refractivity contribution is 9.10. The number of halogens is 1. The zero-order chi connectivity index (χ0) is 10.3. The van der Waals surface area contributed by atoms with Gasteiger partial charge in [-0.25, -0.2) is 0 Å². The first-order valence-corrected chi connectivity index (χ1v) is 5.56. The minimum absolute atomic E-state index is 0.0345. The first-order chi connectivity index (χ1) is 6.11. The average Bonchev–Trinajstić information content (AvgIpc) is 2.13. The Morgan fingerprint density at radius 1 is 1.62 bits per heavy atom. The molecular formula is C9H18BrNO2. The van der Waals surface area contributed by atoms with Crippen LogP contribution in [0.25, 0.3) is 0 Å². The molecule has 1 amide bonds. The van der Waals surface area contributed by atoms with Crippen LogP contribution in [-0.2, 0) is 4.79 Å². The highest BCUT2D eigenvalue weighted by Gasteiger charge is 2.12. The Balaban J connectivity index is 3.57. The fraction of sp³-hybridized carbons (Fsp3) is 0.889. The quantitative estimate of drug-likeness (QED) is 0.700. The lowest BCUT2D eigenvalue weighted by molar-refractivity contribution is -0.120. The molecule has 13 heavy (non-hydrogen) atoms. The molecule has 2 unspecified atom stereocenters. The molecule has 0 aliphatic rings. The minimum atomic E-state index is -0.0890. The number of alkyl halides is 1. The molecule has 3 nitrogen and oxygen atoms in total. The maximum Gasteiger partial charge on any atom is 0.233 e. The molecule has 4 heteroatoms. The van der Waals surface area contributed by atoms with Crippen molar-refractivity contribution in [2.75, 3.05) is 13.2 Å². The lowest BCUT2D eigenvalue weighted by Crippen LogP contribution is -2.34. The molecule has 0 aromatic carbocycles. The summed E-state index contributed by atoms with van der Waals surface area (Å²) in [5.41, 5.74) is 0. The third-order valence-electron chi connectivity index (χ3n) is 1.89. The van der Waals surface area contributed by atoms with Gasteiger partial charge in [0.05, 0.1) is 4.83 Å². The van der Waals surface area contributed by atoms with Crippen LogP contribution in [0, 0.1) is 5.92 Å². The van der Waals surface area contributed by atoms with Gasteiger partial charge >= 0.3 is 0 Å². The first kappa shape index (κ1) is 12.9. The van der Waals surface area contributed by atoms with E-state index in [4.69, 9.17) is 5.11 Å². The van der Waals surface area contributed by atoms with Crippen molar-refractivity contribution in [3.8, 4) is 0 Å². The third kappa shape index (κ3) is 6.05. The summed E-state index contributed by atoms with van der Waals surface area (Å²) in [5.74, 6) is 0.373. The van der Waals surface area contributed by atoms with E-state index in [2.05, 4.69) is 21.2 Å². The van der Waals surface area contributed by atoms with Crippen LogP contribution in [0.3, 0.4) is 0 Å². The lowest BCUT2D eigenvalue weighted by Gasteiger charge is -2.12. The van der Waals surface area contributed by atoms with E-state index in [9.17, 15) is 4.79 Å². The van der Waals surface area contributed by atoms with Gasteiger partial charge in [0.25, 0.3) is 0 Å². The second kappa shape index (κ2) is 7.33. The van der Waals surface area contributed by atoms with Crippen LogP contribution >= 0.6 is 15.9 Å². The van der Waals surface area contributed by atoms with Crippen molar-refractivity contribution in [3.63, 3.8) is 0 Å². The van der Waals surface area contributed by atoms with E-state index in [1.54, 1.807) is 0 Å². The standard InChI is InChI=1S/C9H18BrNO2/c1-3-8(10)9(13)11-6-7(2)4-5-12/h7-8,12H,3-6H2,1-2H3,(H,11,13). The van der Waals surface area contributed by atoms with E-state index in [1.807, 2.05) is 13.8 Å². The summed E-state index contributed by atoms with van der Waals surface area (Å²) in [6.07, 6.45) is 1.53. The van der Waals surface area contributed by atoms with E-state index in [1.165, 1.54) is 0 Å². The first-order valence-electron chi connectivity index (χ1n) is 4.64. The third-order valence-corrected chi connectivity index (χ3v) is 2.95.